The molecule has 1 heterocycles. The third kappa shape index (κ3) is 4.00. The monoisotopic (exact) mass is 297 g/mol. The van der Waals surface area contributed by atoms with Gasteiger partial charge in [-0.25, -0.2) is 0 Å². The van der Waals surface area contributed by atoms with Crippen LogP contribution >= 0.6 is 0 Å². The normalized spacial score (nSPS) is 19.3. The number of likely N-dealkylation sites (N-methyl/N-ethyl adjacent to an activating group) is 1. The van der Waals surface area contributed by atoms with Gasteiger partial charge in [-0.15, -0.1) is 0 Å². The van der Waals surface area contributed by atoms with Crippen molar-refractivity contribution in [3.63, 3.8) is 0 Å². The van der Waals surface area contributed by atoms with Crippen LogP contribution in [0.3, 0.4) is 0 Å². The number of hydrogen-bond acceptors (Lipinski definition) is 6. The highest BCUT2D eigenvalue weighted by Crippen LogP contribution is 2.38. The molecular formula is C15H23NO5. The lowest BCUT2D eigenvalue weighted by molar-refractivity contribution is -0.0409. The zero-order valence-corrected chi connectivity index (χ0v) is 12.8. The summed E-state index contributed by atoms with van der Waals surface area (Å²) in [5.41, 5.74) is 0.713. The number of ether oxygens (including phenoxy) is 4. The number of nitrogens with zero attached hydrogens (tertiary/aromatic N) is 1. The molecule has 1 aromatic carbocycles. The molecule has 1 N–H and O–H groups in total. The van der Waals surface area contributed by atoms with E-state index in [4.69, 9.17) is 18.9 Å². The predicted molar refractivity (Wildman–Crippen MR) is 78.2 cm³/mol. The molecule has 118 valence electrons. The van der Waals surface area contributed by atoms with Gasteiger partial charge in [0.1, 0.15) is 12.7 Å². The zero-order chi connectivity index (χ0) is 15.2. The van der Waals surface area contributed by atoms with Gasteiger partial charge in [-0.3, -0.25) is 0 Å². The molecular weight excluding hydrogens is 274 g/mol. The van der Waals surface area contributed by atoms with Crippen LogP contribution in [0.25, 0.3) is 0 Å². The molecule has 6 nitrogen and oxygen atoms in total. The minimum Gasteiger partial charge on any atom is -0.493 e. The van der Waals surface area contributed by atoms with Crippen molar-refractivity contribution in [1.82, 2.24) is 4.90 Å². The largest absolute Gasteiger partial charge is 0.493 e. The summed E-state index contributed by atoms with van der Waals surface area (Å²) in [4.78, 5) is 2.21. The topological polar surface area (TPSA) is 60.4 Å². The number of rotatable bonds is 6. The number of methoxy groups -OCH3 is 2. The Morgan fingerprint density at radius 3 is 2.48 bits per heavy atom. The fourth-order valence-corrected chi connectivity index (χ4v) is 2.31. The van der Waals surface area contributed by atoms with Crippen molar-refractivity contribution >= 4 is 0 Å². The molecule has 0 amide bonds. The maximum absolute atomic E-state index is 9.25. The molecule has 0 bridgehead atoms. The van der Waals surface area contributed by atoms with Crippen molar-refractivity contribution in [2.75, 3.05) is 47.6 Å². The molecule has 2 rings (SSSR count). The summed E-state index contributed by atoms with van der Waals surface area (Å²) < 4.78 is 22.2. The SMILES string of the molecule is COc1cc(CO)cc(OC)c1OCC1CN(C)CCO1. The third-order valence-corrected chi connectivity index (χ3v) is 3.46. The fraction of sp³-hybridized carbons (Fsp3) is 0.600. The van der Waals surface area contributed by atoms with Crippen LogP contribution in [0, 0.1) is 0 Å². The van der Waals surface area contributed by atoms with Gasteiger partial charge in [-0.2, -0.15) is 0 Å². The quantitative estimate of drug-likeness (QED) is 0.842. The Labute approximate surface area is 125 Å². The van der Waals surface area contributed by atoms with E-state index in [9.17, 15) is 5.11 Å². The molecule has 0 aliphatic carbocycles. The third-order valence-electron chi connectivity index (χ3n) is 3.46. The van der Waals surface area contributed by atoms with Crippen LogP contribution in [-0.4, -0.2) is 63.7 Å². The van der Waals surface area contributed by atoms with Crippen LogP contribution in [0.2, 0.25) is 0 Å². The summed E-state index contributed by atoms with van der Waals surface area (Å²) in [6, 6.07) is 3.48. The second-order valence-corrected chi connectivity index (χ2v) is 5.05. The summed E-state index contributed by atoms with van der Waals surface area (Å²) >= 11 is 0. The lowest BCUT2D eigenvalue weighted by Crippen LogP contribution is -2.42. The van der Waals surface area contributed by atoms with E-state index >= 15 is 0 Å². The second kappa shape index (κ2) is 7.49. The standard InChI is InChI=1S/C15H23NO5/c1-16-4-5-20-12(8-16)10-21-15-13(18-2)6-11(9-17)7-14(15)19-3/h6-7,12,17H,4-5,8-10H2,1-3H3. The van der Waals surface area contributed by atoms with Crippen molar-refractivity contribution < 1.29 is 24.1 Å². The Kier molecular flexibility index (Phi) is 5.67. The highest BCUT2D eigenvalue weighted by atomic mass is 16.6. The first kappa shape index (κ1) is 15.9. The lowest BCUT2D eigenvalue weighted by Gasteiger charge is -2.30. The minimum atomic E-state index is -0.0798. The van der Waals surface area contributed by atoms with Crippen LogP contribution in [0.5, 0.6) is 17.2 Å². The van der Waals surface area contributed by atoms with E-state index in [-0.39, 0.29) is 12.7 Å². The molecule has 6 heteroatoms. The minimum absolute atomic E-state index is 0.0238. The van der Waals surface area contributed by atoms with Gasteiger partial charge in [-0.1, -0.05) is 0 Å². The first-order valence-corrected chi connectivity index (χ1v) is 6.96. The summed E-state index contributed by atoms with van der Waals surface area (Å²) in [6.45, 7) is 2.83. The Hall–Kier alpha value is -1.50. The highest BCUT2D eigenvalue weighted by molar-refractivity contribution is 5.53. The van der Waals surface area contributed by atoms with Gasteiger partial charge in [0.2, 0.25) is 5.75 Å². The van der Waals surface area contributed by atoms with Crippen molar-refractivity contribution in [1.29, 1.82) is 0 Å². The molecule has 0 saturated carbocycles. The number of aliphatic hydroxyl groups excluding tert-OH is 1. The van der Waals surface area contributed by atoms with E-state index < -0.39 is 0 Å². The van der Waals surface area contributed by atoms with Gasteiger partial charge in [-0.05, 0) is 24.7 Å². The molecule has 0 aromatic heterocycles. The highest BCUT2D eigenvalue weighted by Gasteiger charge is 2.21. The fourth-order valence-electron chi connectivity index (χ4n) is 2.31. The average Bonchev–Trinajstić information content (AvgIpc) is 2.52. The number of hydrogen-bond donors (Lipinski definition) is 1. The van der Waals surface area contributed by atoms with Crippen LogP contribution in [-0.2, 0) is 11.3 Å². The maximum atomic E-state index is 9.25. The molecule has 1 aliphatic rings. The molecule has 1 aliphatic heterocycles. The molecule has 1 unspecified atom stereocenters. The van der Waals surface area contributed by atoms with E-state index in [1.807, 2.05) is 0 Å². The first-order chi connectivity index (χ1) is 10.2. The first-order valence-electron chi connectivity index (χ1n) is 6.96. The second-order valence-electron chi connectivity index (χ2n) is 5.05. The summed E-state index contributed by atoms with van der Waals surface area (Å²) in [5, 5.41) is 9.25. The molecule has 0 radical (unpaired) electrons. The number of aliphatic hydroxyl groups is 1. The van der Waals surface area contributed by atoms with E-state index in [1.54, 1.807) is 26.4 Å². The van der Waals surface area contributed by atoms with Gasteiger partial charge in [0.15, 0.2) is 11.5 Å². The van der Waals surface area contributed by atoms with Crippen molar-refractivity contribution in [3.8, 4) is 17.2 Å². The Balaban J connectivity index is 2.10. The van der Waals surface area contributed by atoms with Crippen molar-refractivity contribution in [2.45, 2.75) is 12.7 Å². The van der Waals surface area contributed by atoms with Crippen molar-refractivity contribution in [2.24, 2.45) is 0 Å². The van der Waals surface area contributed by atoms with Crippen LogP contribution in [0.4, 0.5) is 0 Å². The molecule has 1 atom stereocenters. The molecule has 1 aromatic rings. The molecule has 21 heavy (non-hydrogen) atoms. The zero-order valence-electron chi connectivity index (χ0n) is 12.8. The average molecular weight is 297 g/mol. The van der Waals surface area contributed by atoms with E-state index in [0.717, 1.165) is 13.1 Å². The summed E-state index contributed by atoms with van der Waals surface area (Å²) in [7, 11) is 5.19. The van der Waals surface area contributed by atoms with E-state index in [2.05, 4.69) is 11.9 Å². The van der Waals surface area contributed by atoms with Gasteiger partial charge in [0, 0.05) is 13.1 Å². The summed E-state index contributed by atoms with van der Waals surface area (Å²) in [5.74, 6) is 1.62. The van der Waals surface area contributed by atoms with Crippen LogP contribution in [0.1, 0.15) is 5.56 Å². The Bertz CT molecular complexity index is 440. The van der Waals surface area contributed by atoms with Gasteiger partial charge < -0.3 is 29.0 Å². The smallest absolute Gasteiger partial charge is 0.203 e. The number of benzene rings is 1. The van der Waals surface area contributed by atoms with E-state index in [0.29, 0.717) is 36.0 Å². The predicted octanol–water partition coefficient (Wildman–Crippen LogP) is 0.905. The molecule has 1 saturated heterocycles. The molecule has 1 fully saturated rings. The Morgan fingerprint density at radius 2 is 1.95 bits per heavy atom. The Morgan fingerprint density at radius 1 is 1.29 bits per heavy atom. The van der Waals surface area contributed by atoms with E-state index in [1.165, 1.54) is 0 Å². The summed E-state index contributed by atoms with van der Waals surface area (Å²) in [6.07, 6.45) is 0.0238. The van der Waals surface area contributed by atoms with Gasteiger partial charge >= 0.3 is 0 Å². The van der Waals surface area contributed by atoms with Gasteiger partial charge in [0.05, 0.1) is 27.4 Å². The van der Waals surface area contributed by atoms with Crippen LogP contribution < -0.4 is 14.2 Å². The number of morpholine rings is 1. The van der Waals surface area contributed by atoms with Crippen LogP contribution in [0.15, 0.2) is 12.1 Å². The molecule has 0 spiro atoms. The van der Waals surface area contributed by atoms with Crippen molar-refractivity contribution in [3.05, 3.63) is 17.7 Å². The maximum Gasteiger partial charge on any atom is 0.203 e. The lowest BCUT2D eigenvalue weighted by atomic mass is 10.2. The van der Waals surface area contributed by atoms with Gasteiger partial charge in [0.25, 0.3) is 0 Å².